The van der Waals surface area contributed by atoms with Crippen LogP contribution in [0.5, 0.6) is 0 Å². The van der Waals surface area contributed by atoms with Crippen LogP contribution in [-0.4, -0.2) is 46.0 Å². The van der Waals surface area contributed by atoms with Gasteiger partial charge in [0.05, 0.1) is 22.0 Å². The Morgan fingerprint density at radius 2 is 1.96 bits per heavy atom. The lowest BCUT2D eigenvalue weighted by atomic mass is 10.1. The predicted molar refractivity (Wildman–Crippen MR) is 114 cm³/mol. The van der Waals surface area contributed by atoms with Crippen molar-refractivity contribution in [2.24, 2.45) is 7.05 Å². The minimum Gasteiger partial charge on any atom is -0.350 e. The van der Waals surface area contributed by atoms with E-state index in [0.29, 0.717) is 29.1 Å². The highest BCUT2D eigenvalue weighted by Crippen LogP contribution is 2.22. The predicted octanol–water partition coefficient (Wildman–Crippen LogP) is 2.85. The minimum atomic E-state index is -0.218. The molecule has 1 unspecified atom stereocenters. The van der Waals surface area contributed by atoms with Gasteiger partial charge in [-0.2, -0.15) is 0 Å². The lowest BCUT2D eigenvalue weighted by Gasteiger charge is -2.28. The average Bonchev–Trinajstić information content (AvgIpc) is 2.67. The Balaban J connectivity index is 2.05. The molecule has 28 heavy (non-hydrogen) atoms. The molecule has 0 radical (unpaired) electrons. The number of carbonyl (C=O) groups is 1. The van der Waals surface area contributed by atoms with Crippen LogP contribution in [0.3, 0.4) is 0 Å². The molecule has 1 N–H and O–H groups in total. The third-order valence-corrected chi connectivity index (χ3v) is 5.49. The number of benzene rings is 1. The van der Waals surface area contributed by atoms with Crippen molar-refractivity contribution in [3.63, 3.8) is 0 Å². The summed E-state index contributed by atoms with van der Waals surface area (Å²) < 4.78 is 1.45. The number of pyridine rings is 2. The summed E-state index contributed by atoms with van der Waals surface area (Å²) in [5.74, 6) is -0.218. The van der Waals surface area contributed by atoms with Gasteiger partial charge in [0.25, 0.3) is 11.5 Å². The van der Waals surface area contributed by atoms with E-state index in [2.05, 4.69) is 31.0 Å². The number of likely N-dealkylation sites (N-methyl/N-ethyl adjacent to an activating group) is 1. The van der Waals surface area contributed by atoms with Gasteiger partial charge in [0, 0.05) is 37.3 Å². The monoisotopic (exact) mass is 380 g/mol. The van der Waals surface area contributed by atoms with Gasteiger partial charge >= 0.3 is 0 Å². The van der Waals surface area contributed by atoms with E-state index in [9.17, 15) is 9.59 Å². The Kier molecular flexibility index (Phi) is 5.52. The smallest absolute Gasteiger partial charge is 0.259 e. The average molecular weight is 380 g/mol. The number of nitrogens with one attached hydrogen (secondary N) is 1. The normalized spacial score (nSPS) is 12.9. The number of fused-ring (bicyclic) bond motifs is 2. The summed E-state index contributed by atoms with van der Waals surface area (Å²) in [4.78, 5) is 32.5. The summed E-state index contributed by atoms with van der Waals surface area (Å²) in [5, 5.41) is 4.36. The van der Waals surface area contributed by atoms with Crippen LogP contribution in [0, 0.1) is 6.92 Å². The molecule has 0 saturated heterocycles. The Morgan fingerprint density at radius 3 is 2.64 bits per heavy atom. The summed E-state index contributed by atoms with van der Waals surface area (Å²) in [5.41, 5.74) is 2.54. The van der Waals surface area contributed by atoms with Crippen LogP contribution in [0.2, 0.25) is 0 Å². The van der Waals surface area contributed by atoms with Crippen molar-refractivity contribution >= 4 is 27.7 Å². The molecule has 6 nitrogen and oxygen atoms in total. The van der Waals surface area contributed by atoms with Gasteiger partial charge < -0.3 is 9.88 Å². The van der Waals surface area contributed by atoms with Gasteiger partial charge in [-0.05, 0) is 46.4 Å². The highest BCUT2D eigenvalue weighted by Gasteiger charge is 2.18. The maximum absolute atomic E-state index is 13.0. The van der Waals surface area contributed by atoms with E-state index in [0.717, 1.165) is 16.5 Å². The summed E-state index contributed by atoms with van der Waals surface area (Å²) in [6.45, 7) is 8.82. The Labute approximate surface area is 165 Å². The highest BCUT2D eigenvalue weighted by molar-refractivity contribution is 6.07. The third kappa shape index (κ3) is 3.64. The fourth-order valence-corrected chi connectivity index (χ4v) is 3.37. The number of hydrogen-bond donors (Lipinski definition) is 1. The zero-order valence-electron chi connectivity index (χ0n) is 17.4. The van der Waals surface area contributed by atoms with Crippen molar-refractivity contribution in [2.75, 3.05) is 13.6 Å². The molecule has 1 atom stereocenters. The first-order chi connectivity index (χ1) is 13.2. The molecule has 1 aromatic carbocycles. The van der Waals surface area contributed by atoms with E-state index in [1.165, 1.54) is 4.57 Å². The summed E-state index contributed by atoms with van der Waals surface area (Å²) >= 11 is 0. The third-order valence-electron chi connectivity index (χ3n) is 5.49. The van der Waals surface area contributed by atoms with E-state index >= 15 is 0 Å². The number of amides is 1. The van der Waals surface area contributed by atoms with Gasteiger partial charge in [-0.25, -0.2) is 4.98 Å². The van der Waals surface area contributed by atoms with Crippen LogP contribution in [0.4, 0.5) is 0 Å². The number of para-hydroxylation sites is 1. The quantitative estimate of drug-likeness (QED) is 0.691. The number of nitrogens with zero attached hydrogens (tertiary/aromatic N) is 3. The zero-order chi connectivity index (χ0) is 20.6. The molecule has 3 aromatic rings. The molecule has 1 amide bonds. The van der Waals surface area contributed by atoms with Gasteiger partial charge in [-0.3, -0.25) is 14.5 Å². The van der Waals surface area contributed by atoms with Crippen molar-refractivity contribution in [2.45, 2.75) is 39.8 Å². The molecule has 148 valence electrons. The number of aryl methyl sites for hydroxylation is 2. The van der Waals surface area contributed by atoms with Crippen molar-refractivity contribution in [3.05, 3.63) is 51.9 Å². The van der Waals surface area contributed by atoms with E-state index in [4.69, 9.17) is 4.98 Å². The first-order valence-corrected chi connectivity index (χ1v) is 9.60. The topological polar surface area (TPSA) is 67.2 Å². The van der Waals surface area contributed by atoms with Crippen LogP contribution in [0.25, 0.3) is 21.8 Å². The summed E-state index contributed by atoms with van der Waals surface area (Å²) in [7, 11) is 3.70. The first kappa shape index (κ1) is 20.0. The molecule has 0 aliphatic rings. The maximum Gasteiger partial charge on any atom is 0.259 e. The van der Waals surface area contributed by atoms with Crippen molar-refractivity contribution in [3.8, 4) is 0 Å². The van der Waals surface area contributed by atoms with Gasteiger partial charge in [0.2, 0.25) is 0 Å². The van der Waals surface area contributed by atoms with Crippen LogP contribution >= 0.6 is 0 Å². The second kappa shape index (κ2) is 7.72. The highest BCUT2D eigenvalue weighted by atomic mass is 16.2. The molecule has 0 fully saturated rings. The fraction of sp³-hybridized carbons (Fsp3) is 0.409. The van der Waals surface area contributed by atoms with Crippen molar-refractivity contribution < 1.29 is 4.79 Å². The van der Waals surface area contributed by atoms with Gasteiger partial charge in [-0.15, -0.1) is 0 Å². The second-order valence-corrected chi connectivity index (χ2v) is 7.81. The molecule has 6 heteroatoms. The SMILES string of the molecule is Cc1cccc2cc3c(=O)n(C)cc(C(=O)NCC(C)N(C)C(C)C)c3nc12. The fourth-order valence-electron chi connectivity index (χ4n) is 3.37. The first-order valence-electron chi connectivity index (χ1n) is 9.60. The minimum absolute atomic E-state index is 0.157. The number of rotatable bonds is 5. The van der Waals surface area contributed by atoms with Crippen LogP contribution < -0.4 is 10.9 Å². The maximum atomic E-state index is 13.0. The molecular formula is C22H28N4O2. The molecule has 0 spiro atoms. The van der Waals surface area contributed by atoms with Crippen LogP contribution in [0.15, 0.2) is 35.3 Å². The lowest BCUT2D eigenvalue weighted by Crippen LogP contribution is -2.43. The van der Waals surface area contributed by atoms with Crippen LogP contribution in [-0.2, 0) is 7.05 Å². The Morgan fingerprint density at radius 1 is 1.25 bits per heavy atom. The zero-order valence-corrected chi connectivity index (χ0v) is 17.4. The summed E-state index contributed by atoms with van der Waals surface area (Å²) in [6, 6.07) is 8.27. The van der Waals surface area contributed by atoms with Crippen LogP contribution in [0.1, 0.15) is 36.7 Å². The standard InChI is InChI=1S/C22H28N4O2/c1-13(2)26(6)15(4)11-23-21(27)18-12-25(5)22(28)17-10-16-9-7-8-14(3)19(16)24-20(17)18/h7-10,12-13,15H,11H2,1-6H3,(H,23,27). The number of carbonyl (C=O) groups excluding carboxylic acids is 1. The molecular weight excluding hydrogens is 352 g/mol. The second-order valence-electron chi connectivity index (χ2n) is 7.81. The van der Waals surface area contributed by atoms with Gasteiger partial charge in [0.15, 0.2) is 0 Å². The Bertz CT molecular complexity index is 1100. The van der Waals surface area contributed by atoms with Gasteiger partial charge in [-0.1, -0.05) is 18.2 Å². The number of aromatic nitrogens is 2. The van der Waals surface area contributed by atoms with E-state index < -0.39 is 0 Å². The molecule has 0 bridgehead atoms. The lowest BCUT2D eigenvalue weighted by molar-refractivity contribution is 0.0936. The van der Waals surface area contributed by atoms with Crippen molar-refractivity contribution in [1.29, 1.82) is 0 Å². The molecule has 2 heterocycles. The van der Waals surface area contributed by atoms with E-state index in [1.807, 2.05) is 38.2 Å². The Hall–Kier alpha value is -2.73. The van der Waals surface area contributed by atoms with E-state index in [1.54, 1.807) is 13.2 Å². The molecule has 0 aliphatic heterocycles. The molecule has 0 saturated carbocycles. The molecule has 3 rings (SSSR count). The number of hydrogen-bond acceptors (Lipinski definition) is 4. The largest absolute Gasteiger partial charge is 0.350 e. The van der Waals surface area contributed by atoms with E-state index in [-0.39, 0.29) is 17.5 Å². The van der Waals surface area contributed by atoms with Crippen molar-refractivity contribution in [1.82, 2.24) is 19.8 Å². The van der Waals surface area contributed by atoms with Gasteiger partial charge in [0.1, 0.15) is 0 Å². The molecule has 0 aliphatic carbocycles. The molecule has 2 aromatic heterocycles. The summed E-state index contributed by atoms with van der Waals surface area (Å²) in [6.07, 6.45) is 1.58.